The molecule has 0 aliphatic rings. The van der Waals surface area contributed by atoms with Crippen molar-refractivity contribution in [2.24, 2.45) is 0 Å². The standard InChI is InChI=1S/C14H22N2O2/c1-3-9-15-14(17)10-16-13(11-18-2)12-7-5-4-6-8-12/h4-8,13,16H,3,9-11H2,1-2H3,(H,15,17). The lowest BCUT2D eigenvalue weighted by Crippen LogP contribution is -2.37. The van der Waals surface area contributed by atoms with Gasteiger partial charge in [0.2, 0.25) is 5.91 Å². The maximum Gasteiger partial charge on any atom is 0.233 e. The highest BCUT2D eigenvalue weighted by Crippen LogP contribution is 2.12. The topological polar surface area (TPSA) is 50.4 Å². The van der Waals surface area contributed by atoms with E-state index in [0.717, 1.165) is 18.5 Å². The summed E-state index contributed by atoms with van der Waals surface area (Å²) in [5, 5.41) is 6.05. The molecule has 0 spiro atoms. The molecule has 0 heterocycles. The van der Waals surface area contributed by atoms with Crippen LogP contribution < -0.4 is 10.6 Å². The van der Waals surface area contributed by atoms with Gasteiger partial charge in [-0.25, -0.2) is 0 Å². The second kappa shape index (κ2) is 8.66. The van der Waals surface area contributed by atoms with Crippen molar-refractivity contribution in [1.82, 2.24) is 10.6 Å². The van der Waals surface area contributed by atoms with Crippen molar-refractivity contribution in [3.05, 3.63) is 35.9 Å². The van der Waals surface area contributed by atoms with Crippen LogP contribution in [0.5, 0.6) is 0 Å². The Morgan fingerprint density at radius 2 is 2.06 bits per heavy atom. The van der Waals surface area contributed by atoms with E-state index in [4.69, 9.17) is 4.74 Å². The maximum absolute atomic E-state index is 11.5. The molecule has 1 aromatic rings. The van der Waals surface area contributed by atoms with Crippen LogP contribution in [0.25, 0.3) is 0 Å². The van der Waals surface area contributed by atoms with Crippen LogP contribution in [0.2, 0.25) is 0 Å². The lowest BCUT2D eigenvalue weighted by atomic mass is 10.1. The monoisotopic (exact) mass is 250 g/mol. The van der Waals surface area contributed by atoms with Gasteiger partial charge in [-0.3, -0.25) is 10.1 Å². The quantitative estimate of drug-likeness (QED) is 0.735. The first-order valence-corrected chi connectivity index (χ1v) is 6.32. The lowest BCUT2D eigenvalue weighted by Gasteiger charge is -2.18. The Hall–Kier alpha value is -1.39. The fourth-order valence-corrected chi connectivity index (χ4v) is 1.67. The van der Waals surface area contributed by atoms with Gasteiger partial charge in [-0.1, -0.05) is 37.3 Å². The molecule has 1 amide bonds. The van der Waals surface area contributed by atoms with Crippen molar-refractivity contribution in [2.45, 2.75) is 19.4 Å². The first-order valence-electron chi connectivity index (χ1n) is 6.32. The number of hydrogen-bond acceptors (Lipinski definition) is 3. The minimum atomic E-state index is 0.0221. The van der Waals surface area contributed by atoms with Crippen molar-refractivity contribution >= 4 is 5.91 Å². The van der Waals surface area contributed by atoms with Gasteiger partial charge >= 0.3 is 0 Å². The van der Waals surface area contributed by atoms with Gasteiger partial charge in [0.25, 0.3) is 0 Å². The normalized spacial score (nSPS) is 12.1. The van der Waals surface area contributed by atoms with Gasteiger partial charge in [-0.15, -0.1) is 0 Å². The zero-order chi connectivity index (χ0) is 13.2. The molecule has 1 aromatic carbocycles. The van der Waals surface area contributed by atoms with Crippen LogP contribution in [0.15, 0.2) is 30.3 Å². The Labute approximate surface area is 109 Å². The summed E-state index contributed by atoms with van der Waals surface area (Å²) in [6.07, 6.45) is 0.950. The van der Waals surface area contributed by atoms with Crippen LogP contribution in [-0.2, 0) is 9.53 Å². The Bertz CT molecular complexity index is 341. The summed E-state index contributed by atoms with van der Waals surface area (Å²) in [6.45, 7) is 3.61. The summed E-state index contributed by atoms with van der Waals surface area (Å²) in [7, 11) is 1.66. The van der Waals surface area contributed by atoms with E-state index in [1.807, 2.05) is 37.3 Å². The molecule has 0 saturated heterocycles. The summed E-state index contributed by atoms with van der Waals surface area (Å²) in [6, 6.07) is 10.0. The zero-order valence-electron chi connectivity index (χ0n) is 11.1. The van der Waals surface area contributed by atoms with Crippen LogP contribution in [0.3, 0.4) is 0 Å². The molecule has 0 fully saturated rings. The molecule has 0 aliphatic carbocycles. The van der Waals surface area contributed by atoms with Gasteiger partial charge < -0.3 is 10.1 Å². The maximum atomic E-state index is 11.5. The lowest BCUT2D eigenvalue weighted by molar-refractivity contribution is -0.120. The van der Waals surface area contributed by atoms with E-state index in [9.17, 15) is 4.79 Å². The van der Waals surface area contributed by atoms with Crippen LogP contribution in [0.1, 0.15) is 24.9 Å². The fourth-order valence-electron chi connectivity index (χ4n) is 1.67. The predicted molar refractivity (Wildman–Crippen MR) is 72.4 cm³/mol. The number of hydrogen-bond donors (Lipinski definition) is 2. The molecule has 1 unspecified atom stereocenters. The fraction of sp³-hybridized carbons (Fsp3) is 0.500. The summed E-state index contributed by atoms with van der Waals surface area (Å²) < 4.78 is 5.18. The molecule has 18 heavy (non-hydrogen) atoms. The highest BCUT2D eigenvalue weighted by molar-refractivity contribution is 5.77. The number of benzene rings is 1. The van der Waals surface area contributed by atoms with E-state index in [-0.39, 0.29) is 11.9 Å². The number of carbonyl (C=O) groups is 1. The molecule has 1 rings (SSSR count). The van der Waals surface area contributed by atoms with E-state index in [0.29, 0.717) is 13.2 Å². The van der Waals surface area contributed by atoms with E-state index in [1.54, 1.807) is 7.11 Å². The Kier molecular flexibility index (Phi) is 7.06. The Balaban J connectivity index is 2.46. The second-order valence-corrected chi connectivity index (χ2v) is 4.15. The number of nitrogens with one attached hydrogen (secondary N) is 2. The second-order valence-electron chi connectivity index (χ2n) is 4.15. The molecule has 4 nitrogen and oxygen atoms in total. The third kappa shape index (κ3) is 5.29. The molecule has 2 N–H and O–H groups in total. The first-order chi connectivity index (χ1) is 8.77. The summed E-state index contributed by atoms with van der Waals surface area (Å²) >= 11 is 0. The number of amides is 1. The Morgan fingerprint density at radius 1 is 1.33 bits per heavy atom. The summed E-state index contributed by atoms with van der Waals surface area (Å²) in [5.74, 6) is 0.0221. The molecular weight excluding hydrogens is 228 g/mol. The molecular formula is C14H22N2O2. The van der Waals surface area contributed by atoms with Crippen molar-refractivity contribution in [1.29, 1.82) is 0 Å². The van der Waals surface area contributed by atoms with Crippen LogP contribution in [0.4, 0.5) is 0 Å². The number of methoxy groups -OCH3 is 1. The molecule has 1 atom stereocenters. The third-order valence-corrected chi connectivity index (χ3v) is 2.62. The van der Waals surface area contributed by atoms with Crippen molar-refractivity contribution in [2.75, 3.05) is 26.8 Å². The van der Waals surface area contributed by atoms with E-state index < -0.39 is 0 Å². The molecule has 4 heteroatoms. The summed E-state index contributed by atoms with van der Waals surface area (Å²) in [5.41, 5.74) is 1.13. The SMILES string of the molecule is CCCNC(=O)CNC(COC)c1ccccc1. The Morgan fingerprint density at radius 3 is 2.67 bits per heavy atom. The van der Waals surface area contributed by atoms with Crippen LogP contribution >= 0.6 is 0 Å². The average Bonchev–Trinajstić information content (AvgIpc) is 2.42. The van der Waals surface area contributed by atoms with Gasteiger partial charge in [0, 0.05) is 13.7 Å². The number of ether oxygens (including phenoxy) is 1. The smallest absolute Gasteiger partial charge is 0.233 e. The third-order valence-electron chi connectivity index (χ3n) is 2.62. The van der Waals surface area contributed by atoms with Crippen molar-refractivity contribution in [3.8, 4) is 0 Å². The number of rotatable bonds is 8. The molecule has 100 valence electrons. The van der Waals surface area contributed by atoms with Crippen LogP contribution in [-0.4, -0.2) is 32.7 Å². The summed E-state index contributed by atoms with van der Waals surface area (Å²) in [4.78, 5) is 11.5. The predicted octanol–water partition coefficient (Wildman–Crippen LogP) is 1.49. The molecule has 0 saturated carbocycles. The molecule has 0 bridgehead atoms. The largest absolute Gasteiger partial charge is 0.383 e. The minimum Gasteiger partial charge on any atom is -0.383 e. The first kappa shape index (κ1) is 14.7. The van der Waals surface area contributed by atoms with Gasteiger partial charge in [0.15, 0.2) is 0 Å². The van der Waals surface area contributed by atoms with E-state index in [2.05, 4.69) is 10.6 Å². The van der Waals surface area contributed by atoms with E-state index >= 15 is 0 Å². The van der Waals surface area contributed by atoms with Gasteiger partial charge in [-0.05, 0) is 12.0 Å². The zero-order valence-corrected chi connectivity index (χ0v) is 11.1. The van der Waals surface area contributed by atoms with Gasteiger partial charge in [0.1, 0.15) is 0 Å². The molecule has 0 radical (unpaired) electrons. The van der Waals surface area contributed by atoms with Crippen molar-refractivity contribution < 1.29 is 9.53 Å². The van der Waals surface area contributed by atoms with Gasteiger partial charge in [0.05, 0.1) is 19.2 Å². The average molecular weight is 250 g/mol. The molecule has 0 aliphatic heterocycles. The van der Waals surface area contributed by atoms with E-state index in [1.165, 1.54) is 0 Å². The molecule has 0 aromatic heterocycles. The highest BCUT2D eigenvalue weighted by Gasteiger charge is 2.11. The van der Waals surface area contributed by atoms with Gasteiger partial charge in [-0.2, -0.15) is 0 Å². The van der Waals surface area contributed by atoms with Crippen molar-refractivity contribution in [3.63, 3.8) is 0 Å². The van der Waals surface area contributed by atoms with Crippen LogP contribution in [0, 0.1) is 0 Å². The highest BCUT2D eigenvalue weighted by atomic mass is 16.5. The minimum absolute atomic E-state index is 0.0221. The number of carbonyl (C=O) groups excluding carboxylic acids is 1.